The van der Waals surface area contributed by atoms with Gasteiger partial charge in [0, 0.05) is 28.4 Å². The largest absolute Gasteiger partial charge is 0.436 e. The standard InChI is InChI=1S/C20H11Br2N3O3/c21-14-4-2-13(3-5-14)20-24-17-8-6-15(10-19(17)28-20)23-11-12-1-7-16(22)18(9-12)25(26)27/h1-11H. The van der Waals surface area contributed by atoms with Gasteiger partial charge >= 0.3 is 0 Å². The quantitative estimate of drug-likeness (QED) is 0.178. The molecule has 4 rings (SSSR count). The van der Waals surface area contributed by atoms with Crippen LogP contribution in [-0.2, 0) is 0 Å². The van der Waals surface area contributed by atoms with Gasteiger partial charge in [0.15, 0.2) is 5.58 Å². The van der Waals surface area contributed by atoms with Crippen LogP contribution < -0.4 is 0 Å². The van der Waals surface area contributed by atoms with Crippen LogP contribution in [0.3, 0.4) is 0 Å². The van der Waals surface area contributed by atoms with E-state index in [0.29, 0.717) is 27.2 Å². The summed E-state index contributed by atoms with van der Waals surface area (Å²) >= 11 is 6.58. The topological polar surface area (TPSA) is 81.5 Å². The van der Waals surface area contributed by atoms with Crippen LogP contribution in [0.15, 0.2) is 79.0 Å². The van der Waals surface area contributed by atoms with E-state index in [1.165, 1.54) is 6.07 Å². The zero-order chi connectivity index (χ0) is 19.7. The number of hydrogen-bond donors (Lipinski definition) is 0. The minimum Gasteiger partial charge on any atom is -0.436 e. The summed E-state index contributed by atoms with van der Waals surface area (Å²) in [5.41, 5.74) is 3.52. The number of nitrogens with zero attached hydrogens (tertiary/aromatic N) is 3. The van der Waals surface area contributed by atoms with Crippen molar-refractivity contribution in [2.24, 2.45) is 4.99 Å². The lowest BCUT2D eigenvalue weighted by Gasteiger charge is -1.97. The molecule has 0 fully saturated rings. The van der Waals surface area contributed by atoms with Crippen molar-refractivity contribution in [2.75, 3.05) is 0 Å². The van der Waals surface area contributed by atoms with Crippen molar-refractivity contribution in [2.45, 2.75) is 0 Å². The molecule has 138 valence electrons. The summed E-state index contributed by atoms with van der Waals surface area (Å²) in [6, 6.07) is 18.0. The number of fused-ring (bicyclic) bond motifs is 1. The first-order valence-corrected chi connectivity index (χ1v) is 9.73. The maximum absolute atomic E-state index is 11.0. The molecular formula is C20H11Br2N3O3. The van der Waals surface area contributed by atoms with Crippen LogP contribution in [0.1, 0.15) is 5.56 Å². The highest BCUT2D eigenvalue weighted by Gasteiger charge is 2.12. The van der Waals surface area contributed by atoms with Crippen LogP contribution in [0, 0.1) is 10.1 Å². The highest BCUT2D eigenvalue weighted by atomic mass is 79.9. The zero-order valence-electron chi connectivity index (χ0n) is 14.2. The van der Waals surface area contributed by atoms with Gasteiger partial charge in [-0.25, -0.2) is 4.98 Å². The van der Waals surface area contributed by atoms with Gasteiger partial charge in [0.25, 0.3) is 5.69 Å². The molecule has 4 aromatic rings. The Labute approximate surface area is 176 Å². The molecule has 0 N–H and O–H groups in total. The van der Waals surface area contributed by atoms with Gasteiger partial charge in [-0.3, -0.25) is 15.1 Å². The Hall–Kier alpha value is -2.84. The summed E-state index contributed by atoms with van der Waals surface area (Å²) < 4.78 is 7.27. The van der Waals surface area contributed by atoms with Crippen LogP contribution in [0.4, 0.5) is 11.4 Å². The van der Waals surface area contributed by atoms with Crippen LogP contribution in [0.5, 0.6) is 0 Å². The van der Waals surface area contributed by atoms with Gasteiger partial charge in [-0.15, -0.1) is 0 Å². The van der Waals surface area contributed by atoms with Crippen LogP contribution in [-0.4, -0.2) is 16.1 Å². The normalized spacial score (nSPS) is 11.4. The van der Waals surface area contributed by atoms with E-state index in [9.17, 15) is 10.1 Å². The van der Waals surface area contributed by atoms with Crippen molar-refractivity contribution in [3.8, 4) is 11.5 Å². The average molecular weight is 501 g/mol. The second-order valence-electron chi connectivity index (χ2n) is 5.90. The second kappa shape index (κ2) is 7.65. The Morgan fingerprint density at radius 2 is 1.82 bits per heavy atom. The number of oxazole rings is 1. The maximum Gasteiger partial charge on any atom is 0.284 e. The Morgan fingerprint density at radius 1 is 1.04 bits per heavy atom. The van der Waals surface area contributed by atoms with Gasteiger partial charge in [-0.2, -0.15) is 0 Å². The Morgan fingerprint density at radius 3 is 2.57 bits per heavy atom. The molecule has 0 unspecified atom stereocenters. The molecule has 0 saturated carbocycles. The van der Waals surface area contributed by atoms with Gasteiger partial charge in [0.1, 0.15) is 5.52 Å². The molecule has 0 bridgehead atoms. The van der Waals surface area contributed by atoms with Crippen molar-refractivity contribution in [1.82, 2.24) is 4.98 Å². The molecule has 1 aromatic heterocycles. The molecule has 0 amide bonds. The van der Waals surface area contributed by atoms with E-state index < -0.39 is 4.92 Å². The number of nitro groups is 1. The van der Waals surface area contributed by atoms with Gasteiger partial charge < -0.3 is 4.42 Å². The summed E-state index contributed by atoms with van der Waals surface area (Å²) in [5, 5.41) is 11.0. The fraction of sp³-hybridized carbons (Fsp3) is 0. The molecule has 6 nitrogen and oxygen atoms in total. The molecule has 8 heteroatoms. The van der Waals surface area contributed by atoms with Crippen molar-refractivity contribution >= 4 is 60.5 Å². The Balaban J connectivity index is 1.63. The third-order valence-electron chi connectivity index (χ3n) is 3.99. The van der Waals surface area contributed by atoms with Crippen molar-refractivity contribution in [1.29, 1.82) is 0 Å². The van der Waals surface area contributed by atoms with Crippen molar-refractivity contribution in [3.63, 3.8) is 0 Å². The summed E-state index contributed by atoms with van der Waals surface area (Å²) in [6.45, 7) is 0. The van der Waals surface area contributed by atoms with E-state index in [1.807, 2.05) is 36.4 Å². The molecule has 0 radical (unpaired) electrons. The SMILES string of the molecule is O=[N+]([O-])c1cc(C=Nc2ccc3nc(-c4ccc(Br)cc4)oc3c2)ccc1Br. The van der Waals surface area contributed by atoms with Crippen LogP contribution in [0.25, 0.3) is 22.6 Å². The molecule has 0 aliphatic heterocycles. The maximum atomic E-state index is 11.0. The predicted molar refractivity (Wildman–Crippen MR) is 115 cm³/mol. The number of hydrogen-bond acceptors (Lipinski definition) is 5. The Kier molecular flexibility index (Phi) is 5.06. The molecular weight excluding hydrogens is 490 g/mol. The van der Waals surface area contributed by atoms with Gasteiger partial charge in [0.2, 0.25) is 5.89 Å². The molecule has 28 heavy (non-hydrogen) atoms. The van der Waals surface area contributed by atoms with E-state index >= 15 is 0 Å². The third kappa shape index (κ3) is 3.88. The summed E-state index contributed by atoms with van der Waals surface area (Å²) in [4.78, 5) is 19.5. The fourth-order valence-corrected chi connectivity index (χ4v) is 3.26. The predicted octanol–water partition coefficient (Wildman–Crippen LogP) is 6.68. The molecule has 0 spiro atoms. The van der Waals surface area contributed by atoms with E-state index in [2.05, 4.69) is 41.8 Å². The van der Waals surface area contributed by atoms with Gasteiger partial charge in [0.05, 0.1) is 15.1 Å². The third-order valence-corrected chi connectivity index (χ3v) is 5.19. The smallest absolute Gasteiger partial charge is 0.284 e. The van der Waals surface area contributed by atoms with Gasteiger partial charge in [-0.05, 0) is 64.0 Å². The fourth-order valence-electron chi connectivity index (χ4n) is 2.61. The lowest BCUT2D eigenvalue weighted by Crippen LogP contribution is -1.91. The molecule has 0 aliphatic rings. The number of aromatic nitrogens is 1. The van der Waals surface area contributed by atoms with Crippen LogP contribution >= 0.6 is 31.9 Å². The Bertz CT molecular complexity index is 1220. The van der Waals surface area contributed by atoms with E-state index in [4.69, 9.17) is 4.42 Å². The zero-order valence-corrected chi connectivity index (χ0v) is 17.3. The molecule has 0 saturated heterocycles. The molecule has 0 aliphatic carbocycles. The first kappa shape index (κ1) is 18.5. The van der Waals surface area contributed by atoms with E-state index in [0.717, 1.165) is 15.6 Å². The van der Waals surface area contributed by atoms with E-state index in [-0.39, 0.29) is 5.69 Å². The highest BCUT2D eigenvalue weighted by Crippen LogP contribution is 2.29. The van der Waals surface area contributed by atoms with Gasteiger partial charge in [-0.1, -0.05) is 22.0 Å². The van der Waals surface area contributed by atoms with E-state index in [1.54, 1.807) is 24.4 Å². The first-order valence-electron chi connectivity index (χ1n) is 8.14. The molecule has 0 atom stereocenters. The van der Waals surface area contributed by atoms with Crippen molar-refractivity contribution < 1.29 is 9.34 Å². The highest BCUT2D eigenvalue weighted by molar-refractivity contribution is 9.10. The lowest BCUT2D eigenvalue weighted by molar-refractivity contribution is -0.385. The first-order chi connectivity index (χ1) is 13.5. The number of halogens is 2. The summed E-state index contributed by atoms with van der Waals surface area (Å²) in [7, 11) is 0. The lowest BCUT2D eigenvalue weighted by atomic mass is 10.2. The minimum atomic E-state index is -0.439. The second-order valence-corrected chi connectivity index (χ2v) is 7.67. The number of benzene rings is 3. The molecule has 3 aromatic carbocycles. The monoisotopic (exact) mass is 499 g/mol. The van der Waals surface area contributed by atoms with Crippen LogP contribution in [0.2, 0.25) is 0 Å². The van der Waals surface area contributed by atoms with Crippen molar-refractivity contribution in [3.05, 3.63) is 85.3 Å². The number of rotatable bonds is 4. The summed E-state index contributed by atoms with van der Waals surface area (Å²) in [5.74, 6) is 0.534. The number of aliphatic imine (C=N–C) groups is 1. The molecule has 1 heterocycles. The summed E-state index contributed by atoms with van der Waals surface area (Å²) in [6.07, 6.45) is 1.58. The average Bonchev–Trinajstić information content (AvgIpc) is 3.11. The number of nitro benzene ring substituents is 1. The minimum absolute atomic E-state index is 0.00576.